The van der Waals surface area contributed by atoms with Crippen molar-refractivity contribution in [3.05, 3.63) is 48.0 Å². The van der Waals surface area contributed by atoms with Crippen molar-refractivity contribution in [2.24, 2.45) is 7.05 Å². The molecule has 21 heavy (non-hydrogen) atoms. The molecular formula is C16H18N2O3. The summed E-state index contributed by atoms with van der Waals surface area (Å²) < 4.78 is 12.1. The van der Waals surface area contributed by atoms with E-state index in [1.54, 1.807) is 37.1 Å². The number of imidazole rings is 1. The molecule has 0 amide bonds. The second-order valence-corrected chi connectivity index (χ2v) is 4.42. The Hall–Kier alpha value is -2.56. The minimum atomic E-state index is -0.394. The molecule has 0 aliphatic heterocycles. The number of benzene rings is 1. The second-order valence-electron chi connectivity index (χ2n) is 4.42. The first-order valence-electron chi connectivity index (χ1n) is 6.66. The average molecular weight is 286 g/mol. The SMILES string of the molecule is CCOC(=O)/C(=C/c1cccc(OC)c1)c1nccn1C. The highest BCUT2D eigenvalue weighted by Gasteiger charge is 2.17. The van der Waals surface area contributed by atoms with Gasteiger partial charge in [0.15, 0.2) is 0 Å². The van der Waals surface area contributed by atoms with Gasteiger partial charge < -0.3 is 14.0 Å². The number of esters is 1. The van der Waals surface area contributed by atoms with E-state index in [-0.39, 0.29) is 0 Å². The number of hydrogen-bond donors (Lipinski definition) is 0. The largest absolute Gasteiger partial charge is 0.497 e. The molecule has 5 nitrogen and oxygen atoms in total. The van der Waals surface area contributed by atoms with Gasteiger partial charge in [-0.3, -0.25) is 0 Å². The lowest BCUT2D eigenvalue weighted by atomic mass is 10.1. The highest BCUT2D eigenvalue weighted by molar-refractivity contribution is 6.20. The van der Waals surface area contributed by atoms with Gasteiger partial charge in [0.25, 0.3) is 0 Å². The van der Waals surface area contributed by atoms with Crippen molar-refractivity contribution < 1.29 is 14.3 Å². The van der Waals surface area contributed by atoms with Crippen molar-refractivity contribution in [2.75, 3.05) is 13.7 Å². The summed E-state index contributed by atoms with van der Waals surface area (Å²) in [4.78, 5) is 16.4. The predicted molar refractivity (Wildman–Crippen MR) is 80.7 cm³/mol. The van der Waals surface area contributed by atoms with Crippen LogP contribution in [0.15, 0.2) is 36.7 Å². The van der Waals surface area contributed by atoms with Crippen molar-refractivity contribution in [2.45, 2.75) is 6.92 Å². The number of ether oxygens (including phenoxy) is 2. The molecular weight excluding hydrogens is 268 g/mol. The number of hydrogen-bond acceptors (Lipinski definition) is 4. The summed E-state index contributed by atoms with van der Waals surface area (Å²) in [7, 11) is 3.44. The minimum absolute atomic E-state index is 0.318. The van der Waals surface area contributed by atoms with Crippen LogP contribution in [0.3, 0.4) is 0 Å². The van der Waals surface area contributed by atoms with Crippen LogP contribution in [0.2, 0.25) is 0 Å². The lowest BCUT2D eigenvalue weighted by molar-refractivity contribution is -0.136. The van der Waals surface area contributed by atoms with E-state index < -0.39 is 5.97 Å². The van der Waals surface area contributed by atoms with Crippen LogP contribution >= 0.6 is 0 Å². The van der Waals surface area contributed by atoms with Gasteiger partial charge in [0.1, 0.15) is 17.1 Å². The van der Waals surface area contributed by atoms with Crippen LogP contribution in [0.25, 0.3) is 11.6 Å². The third-order valence-electron chi connectivity index (χ3n) is 2.96. The molecule has 0 atom stereocenters. The number of aromatic nitrogens is 2. The van der Waals surface area contributed by atoms with Gasteiger partial charge in [0, 0.05) is 19.4 Å². The molecule has 0 aliphatic rings. The molecule has 0 radical (unpaired) electrons. The Kier molecular flexibility index (Phi) is 4.77. The van der Waals surface area contributed by atoms with Gasteiger partial charge in [0.05, 0.1) is 13.7 Å². The Balaban J connectivity index is 2.46. The van der Waals surface area contributed by atoms with E-state index >= 15 is 0 Å². The van der Waals surface area contributed by atoms with E-state index in [0.717, 1.165) is 11.3 Å². The summed E-state index contributed by atoms with van der Waals surface area (Å²) in [6.07, 6.45) is 5.19. The fourth-order valence-electron chi connectivity index (χ4n) is 1.95. The average Bonchev–Trinajstić information content (AvgIpc) is 2.91. The van der Waals surface area contributed by atoms with E-state index in [1.807, 2.05) is 31.3 Å². The summed E-state index contributed by atoms with van der Waals surface area (Å²) >= 11 is 0. The molecule has 0 unspecified atom stereocenters. The first-order chi connectivity index (χ1) is 10.2. The van der Waals surface area contributed by atoms with Gasteiger partial charge in [-0.25, -0.2) is 9.78 Å². The van der Waals surface area contributed by atoms with Crippen LogP contribution in [0.4, 0.5) is 0 Å². The van der Waals surface area contributed by atoms with Crippen molar-refractivity contribution in [3.63, 3.8) is 0 Å². The first-order valence-corrected chi connectivity index (χ1v) is 6.66. The lowest BCUT2D eigenvalue weighted by Gasteiger charge is -2.08. The molecule has 0 saturated carbocycles. The van der Waals surface area contributed by atoms with Crippen molar-refractivity contribution >= 4 is 17.6 Å². The van der Waals surface area contributed by atoms with Crippen LogP contribution in [-0.2, 0) is 16.6 Å². The molecule has 0 spiro atoms. The predicted octanol–water partition coefficient (Wildman–Crippen LogP) is 2.53. The molecule has 0 bridgehead atoms. The van der Waals surface area contributed by atoms with Gasteiger partial charge in [-0.05, 0) is 30.7 Å². The van der Waals surface area contributed by atoms with Crippen LogP contribution in [-0.4, -0.2) is 29.2 Å². The zero-order valence-electron chi connectivity index (χ0n) is 12.4. The molecule has 0 aliphatic carbocycles. The molecule has 0 N–H and O–H groups in total. The molecule has 110 valence electrons. The Morgan fingerprint density at radius 1 is 1.43 bits per heavy atom. The monoisotopic (exact) mass is 286 g/mol. The lowest BCUT2D eigenvalue weighted by Crippen LogP contribution is -2.10. The zero-order valence-corrected chi connectivity index (χ0v) is 12.4. The van der Waals surface area contributed by atoms with Gasteiger partial charge >= 0.3 is 5.97 Å². The number of aryl methyl sites for hydroxylation is 1. The van der Waals surface area contributed by atoms with Crippen LogP contribution < -0.4 is 4.74 Å². The zero-order chi connectivity index (χ0) is 15.2. The van der Waals surface area contributed by atoms with E-state index in [2.05, 4.69) is 4.98 Å². The molecule has 2 aromatic rings. The molecule has 1 aromatic carbocycles. The smallest absolute Gasteiger partial charge is 0.341 e. The molecule has 2 rings (SSSR count). The highest BCUT2D eigenvalue weighted by atomic mass is 16.5. The third-order valence-corrected chi connectivity index (χ3v) is 2.96. The first kappa shape index (κ1) is 14.8. The fourth-order valence-corrected chi connectivity index (χ4v) is 1.95. The topological polar surface area (TPSA) is 53.4 Å². The highest BCUT2D eigenvalue weighted by Crippen LogP contribution is 2.21. The van der Waals surface area contributed by atoms with Gasteiger partial charge in [0.2, 0.25) is 0 Å². The number of carbonyl (C=O) groups is 1. The number of carbonyl (C=O) groups excluding carboxylic acids is 1. The normalized spacial score (nSPS) is 11.3. The standard InChI is InChI=1S/C16H18N2O3/c1-4-21-16(19)14(15-17-8-9-18(15)2)11-12-6-5-7-13(10-12)20-3/h5-11H,4H2,1-3H3/b14-11+. The van der Waals surface area contributed by atoms with Crippen molar-refractivity contribution in [1.29, 1.82) is 0 Å². The summed E-state index contributed by atoms with van der Waals surface area (Å²) in [5.41, 5.74) is 1.26. The Morgan fingerprint density at radius 2 is 2.24 bits per heavy atom. The molecule has 1 heterocycles. The maximum atomic E-state index is 12.2. The van der Waals surface area contributed by atoms with Gasteiger partial charge in [-0.1, -0.05) is 12.1 Å². The number of methoxy groups -OCH3 is 1. The quantitative estimate of drug-likeness (QED) is 0.626. The van der Waals surface area contributed by atoms with E-state index in [9.17, 15) is 4.79 Å². The number of nitrogens with zero attached hydrogens (tertiary/aromatic N) is 2. The Bertz CT molecular complexity index is 659. The fraction of sp³-hybridized carbons (Fsp3) is 0.250. The third kappa shape index (κ3) is 3.51. The summed E-state index contributed by atoms with van der Waals surface area (Å²) in [6.45, 7) is 2.10. The summed E-state index contributed by atoms with van der Waals surface area (Å²) in [5.74, 6) is 0.901. The van der Waals surface area contributed by atoms with Crippen LogP contribution in [0.5, 0.6) is 5.75 Å². The summed E-state index contributed by atoms with van der Waals surface area (Å²) in [5, 5.41) is 0. The van der Waals surface area contributed by atoms with Crippen molar-refractivity contribution in [1.82, 2.24) is 9.55 Å². The summed E-state index contributed by atoms with van der Waals surface area (Å²) in [6, 6.07) is 7.46. The maximum Gasteiger partial charge on any atom is 0.341 e. The van der Waals surface area contributed by atoms with Gasteiger partial charge in [-0.15, -0.1) is 0 Å². The van der Waals surface area contributed by atoms with Crippen LogP contribution in [0.1, 0.15) is 18.3 Å². The number of rotatable bonds is 5. The molecule has 0 fully saturated rings. The molecule has 1 aromatic heterocycles. The Morgan fingerprint density at radius 3 is 2.86 bits per heavy atom. The maximum absolute atomic E-state index is 12.2. The van der Waals surface area contributed by atoms with E-state index in [1.165, 1.54) is 0 Å². The van der Waals surface area contributed by atoms with E-state index in [0.29, 0.717) is 18.0 Å². The minimum Gasteiger partial charge on any atom is -0.497 e. The Labute approximate surface area is 123 Å². The molecule has 5 heteroatoms. The second kappa shape index (κ2) is 6.74. The van der Waals surface area contributed by atoms with Crippen LogP contribution in [0, 0.1) is 0 Å². The molecule has 0 saturated heterocycles. The van der Waals surface area contributed by atoms with E-state index in [4.69, 9.17) is 9.47 Å². The van der Waals surface area contributed by atoms with Gasteiger partial charge in [-0.2, -0.15) is 0 Å². The van der Waals surface area contributed by atoms with Crippen molar-refractivity contribution in [3.8, 4) is 5.75 Å².